The van der Waals surface area contributed by atoms with Gasteiger partial charge in [0.15, 0.2) is 5.69 Å². The van der Waals surface area contributed by atoms with Crippen LogP contribution < -0.4 is 9.15 Å². The van der Waals surface area contributed by atoms with E-state index in [1.807, 2.05) is 71.4 Å². The Morgan fingerprint density at radius 1 is 0.705 bits per heavy atom. The van der Waals surface area contributed by atoms with E-state index >= 15 is 0 Å². The zero-order chi connectivity index (χ0) is 29.3. The van der Waals surface area contributed by atoms with Crippen molar-refractivity contribution in [3.8, 4) is 11.3 Å². The molecule has 0 fully saturated rings. The molecule has 0 atom stereocenters. The number of aryl methyl sites for hydroxylation is 3. The van der Waals surface area contributed by atoms with Gasteiger partial charge in [-0.2, -0.15) is 12.1 Å². The molecule has 8 rings (SSSR count). The molecular formula is C39H29IrN3O. The Hall–Kier alpha value is -4.92. The van der Waals surface area contributed by atoms with Gasteiger partial charge in [0.25, 0.3) is 11.4 Å². The molecule has 1 aliphatic heterocycles. The molecule has 0 spiro atoms. The van der Waals surface area contributed by atoms with Gasteiger partial charge in [-0.25, -0.2) is 0 Å². The quantitative estimate of drug-likeness (QED) is 0.133. The number of benzene rings is 5. The van der Waals surface area contributed by atoms with E-state index in [1.54, 1.807) is 0 Å². The number of furan rings is 1. The molecule has 2 aromatic heterocycles. The van der Waals surface area contributed by atoms with Crippen molar-refractivity contribution < 1.29 is 24.5 Å². The zero-order valence-electron chi connectivity index (χ0n) is 24.6. The summed E-state index contributed by atoms with van der Waals surface area (Å²) in [6, 6.07) is 49.0. The van der Waals surface area contributed by atoms with E-state index in [1.165, 1.54) is 16.7 Å². The zero-order valence-corrected chi connectivity index (χ0v) is 27.0. The largest absolute Gasteiger partial charge is 0.509 e. The Kier molecular flexibility index (Phi) is 8.19. The molecule has 44 heavy (non-hydrogen) atoms. The average Bonchev–Trinajstić information content (AvgIpc) is 3.63. The first-order valence-corrected chi connectivity index (χ1v) is 14.3. The number of nitrogens with zero attached hydrogens (tertiary/aromatic N) is 3. The number of rotatable bonds is 3. The summed E-state index contributed by atoms with van der Waals surface area (Å²) in [6.07, 6.45) is 1.92. The van der Waals surface area contributed by atoms with E-state index in [-0.39, 0.29) is 20.1 Å². The van der Waals surface area contributed by atoms with Gasteiger partial charge in [-0.15, -0.1) is 41.5 Å². The number of pyridine rings is 1. The van der Waals surface area contributed by atoms with Gasteiger partial charge in [0.05, 0.1) is 5.58 Å². The summed E-state index contributed by atoms with van der Waals surface area (Å²) in [7, 11) is 0. The third kappa shape index (κ3) is 5.45. The topological polar surface area (TPSA) is 32.0 Å². The molecule has 4 nitrogen and oxygen atoms in total. The molecule has 3 heterocycles. The minimum absolute atomic E-state index is 0. The van der Waals surface area contributed by atoms with Crippen LogP contribution in [0.3, 0.4) is 0 Å². The van der Waals surface area contributed by atoms with Gasteiger partial charge in [0, 0.05) is 56.0 Å². The van der Waals surface area contributed by atoms with Crippen LogP contribution >= 0.6 is 0 Å². The summed E-state index contributed by atoms with van der Waals surface area (Å²) in [4.78, 5) is 4.41. The fraction of sp³-hybridized carbons (Fsp3) is 0.0769. The summed E-state index contributed by atoms with van der Waals surface area (Å²) in [5.74, 6) is 0. The first-order chi connectivity index (χ1) is 21.1. The standard InChI is InChI=1S/C25H15N2O.C14H14N.Ir/c1-2-9-18(10-3-1)26-17-27(22-14-6-5-13-21(22)26)23-15-8-12-20-19-11-4-7-16-24(19)28-25(20)23;1-10-4-6-13(7-5-10)14-8-11(2)12(3)9-15-14;/h1-14,16H;4-6,8-9H,1-3H3;/q+1;-1;. The predicted octanol–water partition coefficient (Wildman–Crippen LogP) is 9.71. The third-order valence-electron chi connectivity index (χ3n) is 7.74. The number of fused-ring (bicyclic) bond motifs is 4. The maximum absolute atomic E-state index is 6.22. The molecule has 7 aromatic rings. The third-order valence-corrected chi connectivity index (χ3v) is 7.74. The molecule has 0 unspecified atom stereocenters. The Balaban J connectivity index is 0.000000183. The van der Waals surface area contributed by atoms with Gasteiger partial charge in [-0.3, -0.25) is 0 Å². The summed E-state index contributed by atoms with van der Waals surface area (Å²) < 4.78 is 10.3. The van der Waals surface area contributed by atoms with Crippen LogP contribution in [-0.4, -0.2) is 11.0 Å². The Bertz CT molecular complexity index is 2190. The molecule has 0 N–H and O–H groups in total. The van der Waals surface area contributed by atoms with E-state index in [0.29, 0.717) is 0 Å². The van der Waals surface area contributed by atoms with Crippen molar-refractivity contribution in [3.05, 3.63) is 150 Å². The second kappa shape index (κ2) is 12.4. The molecule has 0 amide bonds. The van der Waals surface area contributed by atoms with Crippen molar-refractivity contribution in [1.82, 2.24) is 14.1 Å². The molecule has 215 valence electrons. The minimum atomic E-state index is 0. The maximum atomic E-state index is 6.22. The smallest absolute Gasteiger partial charge is 0.501 e. The van der Waals surface area contributed by atoms with E-state index < -0.39 is 0 Å². The molecular weight excluding hydrogens is 719 g/mol. The fourth-order valence-electron chi connectivity index (χ4n) is 5.27. The minimum Gasteiger partial charge on any atom is -0.509 e. The summed E-state index contributed by atoms with van der Waals surface area (Å²) >= 11 is 0. The van der Waals surface area contributed by atoms with Crippen LogP contribution in [0.15, 0.2) is 126 Å². The first-order valence-electron chi connectivity index (χ1n) is 14.3. The fourth-order valence-corrected chi connectivity index (χ4v) is 5.27. The van der Waals surface area contributed by atoms with Crippen molar-refractivity contribution in [2.45, 2.75) is 20.8 Å². The molecule has 0 aliphatic carbocycles. The van der Waals surface area contributed by atoms with Crippen molar-refractivity contribution in [2.75, 3.05) is 0 Å². The van der Waals surface area contributed by atoms with Crippen LogP contribution in [0.1, 0.15) is 16.7 Å². The molecule has 0 saturated carbocycles. The number of aromatic nitrogens is 1. The van der Waals surface area contributed by atoms with Crippen LogP contribution in [-0.2, 0) is 20.1 Å². The maximum Gasteiger partial charge on any atom is 0.501 e. The van der Waals surface area contributed by atoms with E-state index in [2.05, 4.69) is 103 Å². The van der Waals surface area contributed by atoms with Crippen LogP contribution in [0.25, 0.3) is 33.2 Å². The molecule has 5 heteroatoms. The molecule has 1 radical (unpaired) electrons. The first kappa shape index (κ1) is 29.2. The van der Waals surface area contributed by atoms with Crippen LogP contribution in [0, 0.1) is 32.9 Å². The van der Waals surface area contributed by atoms with Gasteiger partial charge in [0.2, 0.25) is 5.69 Å². The van der Waals surface area contributed by atoms with Gasteiger partial charge < -0.3 is 9.40 Å². The molecule has 0 saturated heterocycles. The second-order valence-electron chi connectivity index (χ2n) is 10.7. The van der Waals surface area contributed by atoms with Gasteiger partial charge in [-0.05, 0) is 35.7 Å². The normalized spacial score (nSPS) is 11.7. The van der Waals surface area contributed by atoms with E-state index in [0.717, 1.165) is 55.9 Å². The molecule has 5 aromatic carbocycles. The Labute approximate surface area is 270 Å². The predicted molar refractivity (Wildman–Crippen MR) is 176 cm³/mol. The van der Waals surface area contributed by atoms with Crippen LogP contribution in [0.2, 0.25) is 0 Å². The molecule has 1 aliphatic rings. The van der Waals surface area contributed by atoms with Crippen LogP contribution in [0.5, 0.6) is 0 Å². The summed E-state index contributed by atoms with van der Waals surface area (Å²) in [5.41, 5.74) is 11.5. The van der Waals surface area contributed by atoms with Crippen molar-refractivity contribution in [1.29, 1.82) is 0 Å². The van der Waals surface area contributed by atoms with Gasteiger partial charge in [-0.1, -0.05) is 77.0 Å². The Morgan fingerprint density at radius 3 is 2.18 bits per heavy atom. The summed E-state index contributed by atoms with van der Waals surface area (Å²) in [5, 5.41) is 2.20. The van der Waals surface area contributed by atoms with Gasteiger partial charge in [0.1, 0.15) is 5.58 Å². The van der Waals surface area contributed by atoms with Crippen molar-refractivity contribution in [2.24, 2.45) is 0 Å². The SMILES string of the molecule is C1=[N+](c2ccccc2)c2ccccc2[N+]=1c1[c-]ccc2c1oc1ccccc12.Cc1c[c-]c(-c2cc(C)c(C)cn2)cc1.[Ir]. The average molecular weight is 748 g/mol. The number of hydrogen-bond donors (Lipinski definition) is 0. The Morgan fingerprint density at radius 2 is 1.43 bits per heavy atom. The summed E-state index contributed by atoms with van der Waals surface area (Å²) in [6.45, 7) is 6.24. The number of para-hydroxylation sites is 4. The van der Waals surface area contributed by atoms with Gasteiger partial charge >= 0.3 is 6.01 Å². The molecule has 0 bridgehead atoms. The second-order valence-corrected chi connectivity index (χ2v) is 10.7. The van der Waals surface area contributed by atoms with E-state index in [4.69, 9.17) is 4.42 Å². The van der Waals surface area contributed by atoms with Crippen LogP contribution in [0.4, 0.5) is 22.7 Å². The monoisotopic (exact) mass is 748 g/mol. The van der Waals surface area contributed by atoms with E-state index in [9.17, 15) is 0 Å². The van der Waals surface area contributed by atoms with Crippen molar-refractivity contribution in [3.63, 3.8) is 0 Å². The number of hydrogen-bond acceptors (Lipinski definition) is 2. The van der Waals surface area contributed by atoms with Crippen molar-refractivity contribution >= 4 is 50.7 Å².